The summed E-state index contributed by atoms with van der Waals surface area (Å²) in [6.07, 6.45) is 1.21. The zero-order valence-electron chi connectivity index (χ0n) is 12.2. The number of anilines is 1. The number of carbonyl (C=O) groups is 1. The Bertz CT molecular complexity index is 455. The second-order valence-electron chi connectivity index (χ2n) is 5.49. The van der Waals surface area contributed by atoms with E-state index in [0.29, 0.717) is 12.5 Å². The molecule has 2 unspecified atom stereocenters. The lowest BCUT2D eigenvalue weighted by Gasteiger charge is -2.35. The van der Waals surface area contributed by atoms with Crippen LogP contribution < -0.4 is 4.90 Å². The minimum absolute atomic E-state index is 0.159. The number of carboxylic acid groups (broad SMARTS) is 1. The molecule has 2 atom stereocenters. The summed E-state index contributed by atoms with van der Waals surface area (Å²) in [4.78, 5) is 13.1. The van der Waals surface area contributed by atoms with E-state index in [-0.39, 0.29) is 12.5 Å². The Morgan fingerprint density at radius 2 is 2.25 bits per heavy atom. The molecule has 0 saturated carbocycles. The van der Waals surface area contributed by atoms with Crippen molar-refractivity contribution in [3.05, 3.63) is 29.8 Å². The highest BCUT2D eigenvalue weighted by Gasteiger charge is 2.28. The zero-order chi connectivity index (χ0) is 14.5. The molecular formula is C16H23NO3. The molecule has 0 spiro atoms. The molecule has 4 nitrogen and oxygen atoms in total. The number of para-hydroxylation sites is 1. The lowest BCUT2D eigenvalue weighted by molar-refractivity contribution is -0.136. The molecule has 0 bridgehead atoms. The van der Waals surface area contributed by atoms with E-state index in [9.17, 15) is 4.79 Å². The number of ether oxygens (including phenoxy) is 1. The largest absolute Gasteiger partial charge is 0.481 e. The van der Waals surface area contributed by atoms with Crippen LogP contribution in [-0.2, 0) is 9.53 Å². The summed E-state index contributed by atoms with van der Waals surface area (Å²) < 4.78 is 5.48. The SMILES string of the molecule is Cc1ccccc1N(CCC(=O)O)C(C)C1CCOC1. The zero-order valence-corrected chi connectivity index (χ0v) is 12.2. The Morgan fingerprint density at radius 1 is 1.50 bits per heavy atom. The van der Waals surface area contributed by atoms with Crippen molar-refractivity contribution in [1.29, 1.82) is 0 Å². The van der Waals surface area contributed by atoms with Gasteiger partial charge in [-0.15, -0.1) is 0 Å². The third kappa shape index (κ3) is 3.51. The lowest BCUT2D eigenvalue weighted by Crippen LogP contribution is -2.40. The summed E-state index contributed by atoms with van der Waals surface area (Å²) in [6.45, 7) is 6.37. The highest BCUT2D eigenvalue weighted by molar-refractivity contribution is 5.68. The van der Waals surface area contributed by atoms with Gasteiger partial charge in [-0.05, 0) is 31.9 Å². The number of benzene rings is 1. The molecule has 20 heavy (non-hydrogen) atoms. The molecule has 1 aromatic carbocycles. The minimum Gasteiger partial charge on any atom is -0.481 e. The number of hydrogen-bond acceptors (Lipinski definition) is 3. The number of carboxylic acids is 1. The van der Waals surface area contributed by atoms with E-state index in [1.54, 1.807) is 0 Å². The van der Waals surface area contributed by atoms with Crippen LogP contribution in [-0.4, -0.2) is 36.9 Å². The molecule has 1 saturated heterocycles. The molecule has 0 aromatic heterocycles. The molecule has 1 aliphatic rings. The summed E-state index contributed by atoms with van der Waals surface area (Å²) in [6, 6.07) is 8.45. The maximum absolute atomic E-state index is 10.9. The Kier molecular flexibility index (Phi) is 5.01. The minimum atomic E-state index is -0.751. The van der Waals surface area contributed by atoms with Crippen LogP contribution in [0.15, 0.2) is 24.3 Å². The van der Waals surface area contributed by atoms with Gasteiger partial charge in [0.2, 0.25) is 0 Å². The Balaban J connectivity index is 2.19. The smallest absolute Gasteiger partial charge is 0.305 e. The molecule has 110 valence electrons. The standard InChI is InChI=1S/C16H23NO3/c1-12-5-3-4-6-15(12)17(9-7-16(18)19)13(2)14-8-10-20-11-14/h3-6,13-14H,7-11H2,1-2H3,(H,18,19). The Hall–Kier alpha value is -1.55. The highest BCUT2D eigenvalue weighted by Crippen LogP contribution is 2.28. The fraction of sp³-hybridized carbons (Fsp3) is 0.562. The van der Waals surface area contributed by atoms with Gasteiger partial charge in [-0.25, -0.2) is 0 Å². The lowest BCUT2D eigenvalue weighted by atomic mass is 9.97. The van der Waals surface area contributed by atoms with Gasteiger partial charge in [0.25, 0.3) is 0 Å². The molecule has 1 aliphatic heterocycles. The van der Waals surface area contributed by atoms with Gasteiger partial charge in [-0.1, -0.05) is 18.2 Å². The molecule has 1 fully saturated rings. The molecule has 1 N–H and O–H groups in total. The average Bonchev–Trinajstić information content (AvgIpc) is 2.94. The summed E-state index contributed by atoms with van der Waals surface area (Å²) >= 11 is 0. The van der Waals surface area contributed by atoms with Crippen molar-refractivity contribution in [2.24, 2.45) is 5.92 Å². The van der Waals surface area contributed by atoms with Crippen molar-refractivity contribution in [2.45, 2.75) is 32.7 Å². The number of aryl methyl sites for hydroxylation is 1. The van der Waals surface area contributed by atoms with Gasteiger partial charge in [0.1, 0.15) is 0 Å². The second-order valence-corrected chi connectivity index (χ2v) is 5.49. The van der Waals surface area contributed by atoms with Crippen LogP contribution in [0.1, 0.15) is 25.3 Å². The number of rotatable bonds is 6. The van der Waals surface area contributed by atoms with Gasteiger partial charge in [0.15, 0.2) is 0 Å². The maximum atomic E-state index is 10.9. The summed E-state index contributed by atoms with van der Waals surface area (Å²) in [5.41, 5.74) is 2.32. The monoisotopic (exact) mass is 277 g/mol. The van der Waals surface area contributed by atoms with Crippen molar-refractivity contribution < 1.29 is 14.6 Å². The molecule has 4 heteroatoms. The van der Waals surface area contributed by atoms with Crippen LogP contribution in [0, 0.1) is 12.8 Å². The molecule has 1 heterocycles. The van der Waals surface area contributed by atoms with Crippen LogP contribution in [0.3, 0.4) is 0 Å². The first-order chi connectivity index (χ1) is 9.59. The molecule has 0 aliphatic carbocycles. The van der Waals surface area contributed by atoms with Crippen molar-refractivity contribution in [2.75, 3.05) is 24.7 Å². The van der Waals surface area contributed by atoms with Gasteiger partial charge in [0, 0.05) is 30.8 Å². The van der Waals surface area contributed by atoms with E-state index in [1.165, 1.54) is 5.56 Å². The molecule has 0 amide bonds. The third-order valence-corrected chi connectivity index (χ3v) is 4.13. The Morgan fingerprint density at radius 3 is 2.85 bits per heavy atom. The van der Waals surface area contributed by atoms with E-state index >= 15 is 0 Å². The van der Waals surface area contributed by atoms with Crippen LogP contribution in [0.2, 0.25) is 0 Å². The topological polar surface area (TPSA) is 49.8 Å². The predicted octanol–water partition coefficient (Wildman–Crippen LogP) is 2.70. The fourth-order valence-electron chi connectivity index (χ4n) is 2.83. The van der Waals surface area contributed by atoms with Crippen LogP contribution >= 0.6 is 0 Å². The first kappa shape index (κ1) is 14.9. The van der Waals surface area contributed by atoms with Crippen LogP contribution in [0.25, 0.3) is 0 Å². The highest BCUT2D eigenvalue weighted by atomic mass is 16.5. The molecule has 2 rings (SSSR count). The van der Waals surface area contributed by atoms with Crippen molar-refractivity contribution >= 4 is 11.7 Å². The van der Waals surface area contributed by atoms with Gasteiger partial charge in [-0.2, -0.15) is 0 Å². The summed E-state index contributed by atoms with van der Waals surface area (Å²) in [5, 5.41) is 8.97. The van der Waals surface area contributed by atoms with E-state index in [2.05, 4.69) is 30.9 Å². The van der Waals surface area contributed by atoms with Crippen LogP contribution in [0.5, 0.6) is 0 Å². The third-order valence-electron chi connectivity index (χ3n) is 4.13. The Labute approximate surface area is 120 Å². The van der Waals surface area contributed by atoms with E-state index in [4.69, 9.17) is 9.84 Å². The van der Waals surface area contributed by atoms with Gasteiger partial charge < -0.3 is 14.7 Å². The second kappa shape index (κ2) is 6.75. The molecule has 0 radical (unpaired) electrons. The van der Waals surface area contributed by atoms with E-state index in [0.717, 1.165) is 25.3 Å². The van der Waals surface area contributed by atoms with Crippen LogP contribution in [0.4, 0.5) is 5.69 Å². The summed E-state index contributed by atoms with van der Waals surface area (Å²) in [5.74, 6) is -0.276. The predicted molar refractivity (Wildman–Crippen MR) is 79.2 cm³/mol. The maximum Gasteiger partial charge on any atom is 0.305 e. The first-order valence-corrected chi connectivity index (χ1v) is 7.21. The normalized spacial score (nSPS) is 19.8. The first-order valence-electron chi connectivity index (χ1n) is 7.21. The van der Waals surface area contributed by atoms with Gasteiger partial charge >= 0.3 is 5.97 Å². The van der Waals surface area contributed by atoms with E-state index < -0.39 is 5.97 Å². The van der Waals surface area contributed by atoms with Crippen molar-refractivity contribution in [3.8, 4) is 0 Å². The average molecular weight is 277 g/mol. The molecular weight excluding hydrogens is 254 g/mol. The van der Waals surface area contributed by atoms with Crippen molar-refractivity contribution in [1.82, 2.24) is 0 Å². The number of hydrogen-bond donors (Lipinski definition) is 1. The summed E-state index contributed by atoms with van der Waals surface area (Å²) in [7, 11) is 0. The number of aliphatic carboxylic acids is 1. The number of nitrogens with zero attached hydrogens (tertiary/aromatic N) is 1. The van der Waals surface area contributed by atoms with E-state index in [1.807, 2.05) is 12.1 Å². The fourth-order valence-corrected chi connectivity index (χ4v) is 2.83. The van der Waals surface area contributed by atoms with Crippen molar-refractivity contribution in [3.63, 3.8) is 0 Å². The quantitative estimate of drug-likeness (QED) is 0.868. The molecule has 1 aromatic rings. The van der Waals surface area contributed by atoms with Gasteiger partial charge in [0.05, 0.1) is 13.0 Å². The van der Waals surface area contributed by atoms with Gasteiger partial charge in [-0.3, -0.25) is 4.79 Å².